The van der Waals surface area contributed by atoms with E-state index in [1.807, 2.05) is 43.4 Å². The van der Waals surface area contributed by atoms with Gasteiger partial charge in [0.25, 0.3) is 5.91 Å². The number of amides is 1. The average molecular weight is 403 g/mol. The predicted molar refractivity (Wildman–Crippen MR) is 108 cm³/mol. The van der Waals surface area contributed by atoms with Crippen LogP contribution >= 0.6 is 15.9 Å². The van der Waals surface area contributed by atoms with Gasteiger partial charge < -0.3 is 4.90 Å². The maximum atomic E-state index is 12.7. The number of carbonyl (C=O) groups excluding carboxylic acids is 1. The zero-order valence-electron chi connectivity index (χ0n) is 15.5. The lowest BCUT2D eigenvalue weighted by atomic mass is 10.1. The third-order valence-electron chi connectivity index (χ3n) is 4.44. The van der Waals surface area contributed by atoms with E-state index >= 15 is 0 Å². The van der Waals surface area contributed by atoms with Gasteiger partial charge in [-0.2, -0.15) is 0 Å². The van der Waals surface area contributed by atoms with E-state index in [0.717, 1.165) is 28.7 Å². The summed E-state index contributed by atoms with van der Waals surface area (Å²) in [6.07, 6.45) is 0. The summed E-state index contributed by atoms with van der Waals surface area (Å²) in [6.45, 7) is 9.10. The van der Waals surface area contributed by atoms with Crippen molar-refractivity contribution < 1.29 is 4.79 Å². The molecule has 0 aromatic heterocycles. The molecular weight excluding hydrogens is 376 g/mol. The second kappa shape index (κ2) is 9.16. The number of hydrogen-bond acceptors (Lipinski definition) is 2. The van der Waals surface area contributed by atoms with Gasteiger partial charge in [-0.05, 0) is 49.7 Å². The smallest absolute Gasteiger partial charge is 0.253 e. The van der Waals surface area contributed by atoms with Gasteiger partial charge in [0, 0.05) is 36.2 Å². The van der Waals surface area contributed by atoms with Gasteiger partial charge in [0.15, 0.2) is 0 Å². The summed E-state index contributed by atoms with van der Waals surface area (Å²) in [5, 5.41) is 0. The fraction of sp³-hybridized carbons (Fsp3) is 0.381. The fourth-order valence-corrected chi connectivity index (χ4v) is 3.23. The molecule has 4 heteroatoms. The van der Waals surface area contributed by atoms with Crippen LogP contribution in [0.25, 0.3) is 0 Å². The Kier molecular flexibility index (Phi) is 7.21. The number of nitrogens with zero attached hydrogens (tertiary/aromatic N) is 2. The average Bonchev–Trinajstić information content (AvgIpc) is 2.61. The largest absolute Gasteiger partial charge is 0.337 e. The quantitative estimate of drug-likeness (QED) is 0.653. The van der Waals surface area contributed by atoms with E-state index in [-0.39, 0.29) is 5.91 Å². The molecule has 25 heavy (non-hydrogen) atoms. The van der Waals surface area contributed by atoms with Gasteiger partial charge in [0.05, 0.1) is 0 Å². The Morgan fingerprint density at radius 3 is 2.24 bits per heavy atom. The SMILES string of the molecule is CCN(Cc1ccc(C(=O)N(C)Cc2ccccc2Br)cc1)C(C)C. The molecule has 0 fully saturated rings. The highest BCUT2D eigenvalue weighted by Crippen LogP contribution is 2.18. The first-order valence-electron chi connectivity index (χ1n) is 8.74. The molecule has 2 rings (SSSR count). The molecule has 0 N–H and O–H groups in total. The summed E-state index contributed by atoms with van der Waals surface area (Å²) in [4.78, 5) is 16.8. The van der Waals surface area contributed by atoms with Gasteiger partial charge in [0.2, 0.25) is 0 Å². The summed E-state index contributed by atoms with van der Waals surface area (Å²) in [5.41, 5.74) is 3.07. The van der Waals surface area contributed by atoms with Gasteiger partial charge in [-0.3, -0.25) is 9.69 Å². The van der Waals surface area contributed by atoms with Crippen molar-refractivity contribution in [2.45, 2.75) is 39.9 Å². The van der Waals surface area contributed by atoms with Crippen LogP contribution in [0.15, 0.2) is 53.0 Å². The molecule has 0 aliphatic carbocycles. The number of rotatable bonds is 7. The van der Waals surface area contributed by atoms with Crippen LogP contribution in [0.4, 0.5) is 0 Å². The molecule has 2 aromatic carbocycles. The van der Waals surface area contributed by atoms with Crippen molar-refractivity contribution in [2.75, 3.05) is 13.6 Å². The first kappa shape index (κ1) is 19.7. The fourth-order valence-electron chi connectivity index (χ4n) is 2.82. The van der Waals surface area contributed by atoms with E-state index in [9.17, 15) is 4.79 Å². The molecule has 134 valence electrons. The van der Waals surface area contributed by atoms with E-state index < -0.39 is 0 Å². The first-order valence-corrected chi connectivity index (χ1v) is 9.53. The first-order chi connectivity index (χ1) is 11.9. The summed E-state index contributed by atoms with van der Waals surface area (Å²) in [5.74, 6) is 0.0403. The summed E-state index contributed by atoms with van der Waals surface area (Å²) >= 11 is 3.54. The lowest BCUT2D eigenvalue weighted by Gasteiger charge is -2.25. The summed E-state index contributed by atoms with van der Waals surface area (Å²) < 4.78 is 1.03. The van der Waals surface area contributed by atoms with Crippen LogP contribution in [-0.4, -0.2) is 35.3 Å². The van der Waals surface area contributed by atoms with Gasteiger partial charge in [0.1, 0.15) is 0 Å². The van der Waals surface area contributed by atoms with Crippen molar-refractivity contribution in [1.29, 1.82) is 0 Å². The summed E-state index contributed by atoms with van der Waals surface area (Å²) in [6, 6.07) is 16.5. The number of hydrogen-bond donors (Lipinski definition) is 0. The third kappa shape index (κ3) is 5.41. The van der Waals surface area contributed by atoms with Gasteiger partial charge in [-0.1, -0.05) is 53.2 Å². The van der Waals surface area contributed by atoms with Crippen LogP contribution in [0.3, 0.4) is 0 Å². The zero-order chi connectivity index (χ0) is 18.4. The number of benzene rings is 2. The monoisotopic (exact) mass is 402 g/mol. The van der Waals surface area contributed by atoms with E-state index in [4.69, 9.17) is 0 Å². The Morgan fingerprint density at radius 2 is 1.68 bits per heavy atom. The Morgan fingerprint density at radius 1 is 1.04 bits per heavy atom. The molecule has 0 aliphatic heterocycles. The lowest BCUT2D eigenvalue weighted by molar-refractivity contribution is 0.0785. The predicted octanol–water partition coefficient (Wildman–Crippen LogP) is 4.95. The second-order valence-corrected chi connectivity index (χ2v) is 7.46. The minimum absolute atomic E-state index is 0.0403. The Labute approximate surface area is 159 Å². The molecule has 2 aromatic rings. The molecule has 1 amide bonds. The van der Waals surface area contributed by atoms with Crippen molar-refractivity contribution in [1.82, 2.24) is 9.80 Å². The van der Waals surface area contributed by atoms with Crippen molar-refractivity contribution in [2.24, 2.45) is 0 Å². The minimum Gasteiger partial charge on any atom is -0.337 e. The summed E-state index contributed by atoms with van der Waals surface area (Å²) in [7, 11) is 1.84. The Balaban J connectivity index is 2.03. The van der Waals surface area contributed by atoms with Crippen LogP contribution in [0, 0.1) is 0 Å². The van der Waals surface area contributed by atoms with Crippen LogP contribution in [0.2, 0.25) is 0 Å². The molecule has 0 saturated carbocycles. The van der Waals surface area contributed by atoms with E-state index in [2.05, 4.69) is 53.7 Å². The standard InChI is InChI=1S/C21H27BrN2O/c1-5-24(16(2)3)14-17-10-12-18(13-11-17)21(25)23(4)15-19-8-6-7-9-20(19)22/h6-13,16H,5,14-15H2,1-4H3. The lowest BCUT2D eigenvalue weighted by Crippen LogP contribution is -2.30. The normalized spacial score (nSPS) is 11.2. The van der Waals surface area contributed by atoms with Crippen LogP contribution in [0.1, 0.15) is 42.3 Å². The van der Waals surface area contributed by atoms with Crippen molar-refractivity contribution in [3.05, 3.63) is 69.7 Å². The molecular formula is C21H27BrN2O. The molecule has 0 saturated heterocycles. The van der Waals surface area contributed by atoms with Gasteiger partial charge in [-0.25, -0.2) is 0 Å². The van der Waals surface area contributed by atoms with Crippen LogP contribution < -0.4 is 0 Å². The molecule has 3 nitrogen and oxygen atoms in total. The van der Waals surface area contributed by atoms with Crippen LogP contribution in [0.5, 0.6) is 0 Å². The second-order valence-electron chi connectivity index (χ2n) is 6.61. The highest BCUT2D eigenvalue weighted by Gasteiger charge is 2.14. The zero-order valence-corrected chi connectivity index (χ0v) is 17.1. The molecule has 0 bridgehead atoms. The Hall–Kier alpha value is -1.65. The molecule has 0 spiro atoms. The number of carbonyl (C=O) groups is 1. The van der Waals surface area contributed by atoms with Crippen molar-refractivity contribution in [3.63, 3.8) is 0 Å². The highest BCUT2D eigenvalue weighted by atomic mass is 79.9. The third-order valence-corrected chi connectivity index (χ3v) is 5.21. The van der Waals surface area contributed by atoms with Gasteiger partial charge in [-0.15, -0.1) is 0 Å². The minimum atomic E-state index is 0.0403. The molecule has 0 atom stereocenters. The highest BCUT2D eigenvalue weighted by molar-refractivity contribution is 9.10. The van der Waals surface area contributed by atoms with Crippen molar-refractivity contribution >= 4 is 21.8 Å². The molecule has 0 heterocycles. The van der Waals surface area contributed by atoms with Crippen molar-refractivity contribution in [3.8, 4) is 0 Å². The molecule has 0 aliphatic rings. The topological polar surface area (TPSA) is 23.6 Å². The maximum absolute atomic E-state index is 12.7. The van der Waals surface area contributed by atoms with E-state index in [1.165, 1.54) is 5.56 Å². The Bertz CT molecular complexity index is 697. The van der Waals surface area contributed by atoms with E-state index in [0.29, 0.717) is 12.6 Å². The van der Waals surface area contributed by atoms with Crippen LogP contribution in [-0.2, 0) is 13.1 Å². The maximum Gasteiger partial charge on any atom is 0.253 e. The number of halogens is 1. The van der Waals surface area contributed by atoms with Gasteiger partial charge >= 0.3 is 0 Å². The molecule has 0 unspecified atom stereocenters. The van der Waals surface area contributed by atoms with E-state index in [1.54, 1.807) is 4.90 Å². The molecule has 0 radical (unpaired) electrons.